The molecule has 0 spiro atoms. The number of fused-ring (bicyclic) bond motifs is 1. The van der Waals surface area contributed by atoms with E-state index in [1.54, 1.807) is 0 Å². The number of benzene rings is 2. The van der Waals surface area contributed by atoms with Crippen LogP contribution in [0.1, 0.15) is 63.4 Å². The van der Waals surface area contributed by atoms with Crippen LogP contribution in [-0.2, 0) is 11.2 Å². The number of thioether (sulfide) groups is 1. The third-order valence-electron chi connectivity index (χ3n) is 7.59. The number of carbonyl (C=O) groups excluding carboxylic acids is 1. The molecule has 2 aromatic rings. The molecule has 1 saturated heterocycles. The fourth-order valence-electron chi connectivity index (χ4n) is 5.47. The first-order valence-corrected chi connectivity index (χ1v) is 14.5. The lowest BCUT2D eigenvalue weighted by atomic mass is 9.91. The Morgan fingerprint density at radius 3 is 2.55 bits per heavy atom. The van der Waals surface area contributed by atoms with Crippen molar-refractivity contribution in [1.82, 2.24) is 10.2 Å². The number of amides is 1. The summed E-state index contributed by atoms with van der Waals surface area (Å²) < 4.78 is 0. The van der Waals surface area contributed by atoms with E-state index in [0.29, 0.717) is 12.3 Å². The highest BCUT2D eigenvalue weighted by Gasteiger charge is 2.23. The van der Waals surface area contributed by atoms with Gasteiger partial charge in [-0.3, -0.25) is 4.79 Å². The van der Waals surface area contributed by atoms with Crippen molar-refractivity contribution >= 4 is 28.4 Å². The van der Waals surface area contributed by atoms with Gasteiger partial charge in [-0.15, -0.1) is 0 Å². The number of piperidine rings is 1. The maximum Gasteiger partial charge on any atom is 0.227 e. The summed E-state index contributed by atoms with van der Waals surface area (Å²) in [6, 6.07) is 14.7. The molecule has 0 aromatic heterocycles. The maximum absolute atomic E-state index is 12.9. The summed E-state index contributed by atoms with van der Waals surface area (Å²) in [7, 11) is 0. The molecule has 2 aliphatic rings. The number of rotatable bonds is 11. The third kappa shape index (κ3) is 7.75. The maximum atomic E-state index is 12.9. The van der Waals surface area contributed by atoms with Crippen LogP contribution in [0.4, 0.5) is 0 Å². The van der Waals surface area contributed by atoms with Crippen molar-refractivity contribution in [3.8, 4) is 0 Å². The molecule has 1 N–H and O–H groups in total. The van der Waals surface area contributed by atoms with Gasteiger partial charge in [-0.25, -0.2) is 0 Å². The highest BCUT2D eigenvalue weighted by molar-refractivity contribution is 7.99. The van der Waals surface area contributed by atoms with Gasteiger partial charge < -0.3 is 10.2 Å². The van der Waals surface area contributed by atoms with Crippen LogP contribution in [0.15, 0.2) is 42.5 Å². The van der Waals surface area contributed by atoms with Gasteiger partial charge in [0.25, 0.3) is 0 Å². The zero-order valence-corrected chi connectivity index (χ0v) is 21.1. The average Bonchev–Trinajstić information content (AvgIpc) is 2.87. The van der Waals surface area contributed by atoms with E-state index in [1.807, 2.05) is 0 Å². The molecular weight excluding hydrogens is 424 g/mol. The summed E-state index contributed by atoms with van der Waals surface area (Å²) in [6.07, 6.45) is 12.8. The van der Waals surface area contributed by atoms with E-state index >= 15 is 0 Å². The SMILES string of the molecule is O=C(Cc1cccc2ccccc12)N1CCC(CNCCCCSCC2CCCCC2)CC1. The minimum Gasteiger partial charge on any atom is -0.342 e. The standard InChI is InChI=1S/C29H42N2OS/c32-29(21-27-13-8-12-26-11-4-5-14-28(26)27)31-18-15-24(16-19-31)22-30-17-6-7-20-33-23-25-9-2-1-3-10-25/h4-5,8,11-14,24-25,30H,1-3,6-7,9-10,15-23H2. The Balaban J connectivity index is 1.06. The molecule has 4 rings (SSSR count). The van der Waals surface area contributed by atoms with Crippen LogP contribution in [0, 0.1) is 11.8 Å². The monoisotopic (exact) mass is 466 g/mol. The van der Waals surface area contributed by atoms with E-state index in [9.17, 15) is 4.79 Å². The Kier molecular flexibility index (Phi) is 9.98. The highest BCUT2D eigenvalue weighted by Crippen LogP contribution is 2.27. The second-order valence-corrected chi connectivity index (χ2v) is 11.3. The molecule has 1 amide bonds. The van der Waals surface area contributed by atoms with Crippen LogP contribution in [0.25, 0.3) is 10.8 Å². The summed E-state index contributed by atoms with van der Waals surface area (Å²) in [5, 5.41) is 6.11. The van der Waals surface area contributed by atoms with E-state index in [2.05, 4.69) is 64.4 Å². The minimum atomic E-state index is 0.281. The Morgan fingerprint density at radius 2 is 1.70 bits per heavy atom. The average molecular weight is 467 g/mol. The molecular formula is C29H42N2OS. The molecule has 1 saturated carbocycles. The number of unbranched alkanes of at least 4 members (excludes halogenated alkanes) is 1. The molecule has 2 fully saturated rings. The van der Waals surface area contributed by atoms with Gasteiger partial charge in [-0.2, -0.15) is 11.8 Å². The molecule has 0 atom stereocenters. The van der Waals surface area contributed by atoms with Gasteiger partial charge >= 0.3 is 0 Å². The fourth-order valence-corrected chi connectivity index (χ4v) is 6.71. The number of nitrogens with one attached hydrogen (secondary N) is 1. The van der Waals surface area contributed by atoms with E-state index in [0.717, 1.165) is 50.5 Å². The zero-order chi connectivity index (χ0) is 22.7. The quantitative estimate of drug-likeness (QED) is 0.394. The summed E-state index contributed by atoms with van der Waals surface area (Å²) in [5.74, 6) is 4.73. The molecule has 33 heavy (non-hydrogen) atoms. The predicted octanol–water partition coefficient (Wildman–Crippen LogP) is 6.30. The van der Waals surface area contributed by atoms with E-state index in [1.165, 1.54) is 67.2 Å². The molecule has 1 heterocycles. The Bertz CT molecular complexity index is 850. The smallest absolute Gasteiger partial charge is 0.227 e. The number of nitrogens with zero attached hydrogens (tertiary/aromatic N) is 1. The van der Waals surface area contributed by atoms with Gasteiger partial charge in [0.05, 0.1) is 6.42 Å². The molecule has 0 unspecified atom stereocenters. The minimum absolute atomic E-state index is 0.281. The van der Waals surface area contributed by atoms with E-state index in [-0.39, 0.29) is 5.91 Å². The molecule has 180 valence electrons. The number of carbonyl (C=O) groups is 1. The first kappa shape index (κ1) is 24.6. The van der Waals surface area contributed by atoms with Crippen LogP contribution in [0.2, 0.25) is 0 Å². The van der Waals surface area contributed by atoms with Gasteiger partial charge in [-0.1, -0.05) is 61.7 Å². The van der Waals surface area contributed by atoms with E-state index < -0.39 is 0 Å². The topological polar surface area (TPSA) is 32.3 Å². The highest BCUT2D eigenvalue weighted by atomic mass is 32.2. The number of hydrogen-bond donors (Lipinski definition) is 1. The normalized spacial score (nSPS) is 18.1. The Hall–Kier alpha value is -1.52. The van der Waals surface area contributed by atoms with Gasteiger partial charge in [0.2, 0.25) is 5.91 Å². The zero-order valence-electron chi connectivity index (χ0n) is 20.3. The predicted molar refractivity (Wildman–Crippen MR) is 143 cm³/mol. The summed E-state index contributed by atoms with van der Waals surface area (Å²) in [6.45, 7) is 4.08. The van der Waals surface area contributed by atoms with Gasteiger partial charge in [-0.05, 0) is 91.3 Å². The van der Waals surface area contributed by atoms with Crippen LogP contribution >= 0.6 is 11.8 Å². The summed E-state index contributed by atoms with van der Waals surface area (Å²) >= 11 is 2.18. The van der Waals surface area contributed by atoms with Crippen LogP contribution in [-0.4, -0.2) is 48.5 Å². The van der Waals surface area contributed by atoms with Crippen molar-refractivity contribution < 1.29 is 4.79 Å². The lowest BCUT2D eigenvalue weighted by Crippen LogP contribution is -2.41. The van der Waals surface area contributed by atoms with Crippen molar-refractivity contribution in [2.24, 2.45) is 11.8 Å². The molecule has 1 aliphatic heterocycles. The molecule has 1 aliphatic carbocycles. The lowest BCUT2D eigenvalue weighted by Gasteiger charge is -2.32. The Morgan fingerprint density at radius 1 is 0.909 bits per heavy atom. The second-order valence-electron chi connectivity index (χ2n) is 10.1. The number of hydrogen-bond acceptors (Lipinski definition) is 3. The van der Waals surface area contributed by atoms with Crippen molar-refractivity contribution in [1.29, 1.82) is 0 Å². The van der Waals surface area contributed by atoms with E-state index in [4.69, 9.17) is 0 Å². The van der Waals surface area contributed by atoms with Crippen molar-refractivity contribution in [3.63, 3.8) is 0 Å². The molecule has 3 nitrogen and oxygen atoms in total. The number of likely N-dealkylation sites (tertiary alicyclic amines) is 1. The van der Waals surface area contributed by atoms with Crippen LogP contribution in [0.5, 0.6) is 0 Å². The largest absolute Gasteiger partial charge is 0.342 e. The first-order valence-electron chi connectivity index (χ1n) is 13.3. The molecule has 2 aromatic carbocycles. The summed E-state index contributed by atoms with van der Waals surface area (Å²) in [4.78, 5) is 15.0. The van der Waals surface area contributed by atoms with Gasteiger partial charge in [0, 0.05) is 13.1 Å². The van der Waals surface area contributed by atoms with Crippen molar-refractivity contribution in [3.05, 3.63) is 48.0 Å². The van der Waals surface area contributed by atoms with Crippen LogP contribution in [0.3, 0.4) is 0 Å². The lowest BCUT2D eigenvalue weighted by molar-refractivity contribution is -0.131. The van der Waals surface area contributed by atoms with Crippen LogP contribution < -0.4 is 5.32 Å². The Labute approximate surface area is 205 Å². The van der Waals surface area contributed by atoms with Crippen molar-refractivity contribution in [2.45, 2.75) is 64.2 Å². The summed E-state index contributed by atoms with van der Waals surface area (Å²) in [5.41, 5.74) is 1.15. The molecule has 0 radical (unpaired) electrons. The van der Waals surface area contributed by atoms with Gasteiger partial charge in [0.15, 0.2) is 0 Å². The van der Waals surface area contributed by atoms with Crippen molar-refractivity contribution in [2.75, 3.05) is 37.7 Å². The first-order chi connectivity index (χ1) is 16.3. The molecule has 4 heteroatoms. The third-order valence-corrected chi connectivity index (χ3v) is 8.88. The second kappa shape index (κ2) is 13.4. The molecule has 0 bridgehead atoms. The fraction of sp³-hybridized carbons (Fsp3) is 0.621. The van der Waals surface area contributed by atoms with Gasteiger partial charge in [0.1, 0.15) is 0 Å².